The van der Waals surface area contributed by atoms with Crippen molar-refractivity contribution in [2.75, 3.05) is 26.2 Å². The third kappa shape index (κ3) is 11.3. The Hall–Kier alpha value is -1.00. The molecule has 0 aromatic carbocycles. The molecule has 0 aliphatic carbocycles. The number of rotatable bonds is 11. The van der Waals surface area contributed by atoms with Gasteiger partial charge >= 0.3 is 0 Å². The van der Waals surface area contributed by atoms with E-state index in [1.54, 1.807) is 0 Å². The van der Waals surface area contributed by atoms with Crippen LogP contribution in [0.15, 0.2) is 23.5 Å². The van der Waals surface area contributed by atoms with Crippen molar-refractivity contribution in [3.63, 3.8) is 0 Å². The second-order valence-corrected chi connectivity index (χ2v) is 6.77. The van der Waals surface area contributed by atoms with E-state index in [2.05, 4.69) is 31.4 Å². The molecule has 0 spiro atoms. The maximum absolute atomic E-state index is 5.79. The van der Waals surface area contributed by atoms with Crippen molar-refractivity contribution in [2.24, 2.45) is 22.8 Å². The van der Waals surface area contributed by atoms with E-state index >= 15 is 0 Å². The van der Waals surface area contributed by atoms with Crippen molar-refractivity contribution < 1.29 is 0 Å². The number of nitrogens with two attached hydrogens (primary N) is 2. The van der Waals surface area contributed by atoms with Crippen LogP contribution in [-0.2, 0) is 0 Å². The summed E-state index contributed by atoms with van der Waals surface area (Å²) in [4.78, 5) is 0. The lowest BCUT2D eigenvalue weighted by molar-refractivity contribution is 0.285. The fourth-order valence-electron chi connectivity index (χ4n) is 2.04. The van der Waals surface area contributed by atoms with Crippen molar-refractivity contribution in [1.82, 2.24) is 10.6 Å². The monoisotopic (exact) mass is 296 g/mol. The highest BCUT2D eigenvalue weighted by molar-refractivity contribution is 4.96. The predicted molar refractivity (Wildman–Crippen MR) is 93.8 cm³/mol. The second kappa shape index (κ2) is 10.7. The average molecular weight is 297 g/mol. The summed E-state index contributed by atoms with van der Waals surface area (Å²) in [5.74, 6) is 0.662. The highest BCUT2D eigenvalue weighted by Gasteiger charge is 2.18. The molecule has 0 bridgehead atoms. The van der Waals surface area contributed by atoms with Crippen LogP contribution in [0.1, 0.15) is 47.5 Å². The van der Waals surface area contributed by atoms with Gasteiger partial charge in [0.2, 0.25) is 0 Å². The summed E-state index contributed by atoms with van der Waals surface area (Å²) >= 11 is 0. The zero-order valence-corrected chi connectivity index (χ0v) is 14.6. The second-order valence-electron chi connectivity index (χ2n) is 6.77. The molecule has 4 nitrogen and oxygen atoms in total. The Kier molecular flexibility index (Phi) is 10.2. The highest BCUT2D eigenvalue weighted by Crippen LogP contribution is 2.23. The molecule has 1 atom stereocenters. The fraction of sp³-hybridized carbons (Fsp3) is 0.765. The highest BCUT2D eigenvalue weighted by atomic mass is 14.9. The largest absolute Gasteiger partial charge is 0.401 e. The fourth-order valence-corrected chi connectivity index (χ4v) is 2.04. The first-order valence-corrected chi connectivity index (χ1v) is 8.03. The van der Waals surface area contributed by atoms with E-state index < -0.39 is 0 Å². The average Bonchev–Trinajstić information content (AvgIpc) is 2.44. The first-order chi connectivity index (χ1) is 9.80. The maximum atomic E-state index is 5.79. The summed E-state index contributed by atoms with van der Waals surface area (Å²) < 4.78 is 0. The van der Waals surface area contributed by atoms with Crippen molar-refractivity contribution in [3.05, 3.63) is 23.5 Å². The van der Waals surface area contributed by atoms with Gasteiger partial charge in [-0.1, -0.05) is 32.9 Å². The van der Waals surface area contributed by atoms with E-state index in [9.17, 15) is 0 Å². The van der Waals surface area contributed by atoms with Crippen LogP contribution in [0.2, 0.25) is 0 Å². The van der Waals surface area contributed by atoms with E-state index in [1.165, 1.54) is 12.8 Å². The molecule has 0 radical (unpaired) electrons. The summed E-state index contributed by atoms with van der Waals surface area (Å²) in [5.41, 5.74) is 13.7. The van der Waals surface area contributed by atoms with Crippen molar-refractivity contribution in [3.8, 4) is 0 Å². The zero-order valence-electron chi connectivity index (χ0n) is 14.6. The van der Waals surface area contributed by atoms with E-state index in [0.717, 1.165) is 37.6 Å². The topological polar surface area (TPSA) is 76.1 Å². The van der Waals surface area contributed by atoms with Gasteiger partial charge in [-0.15, -0.1) is 0 Å². The first kappa shape index (κ1) is 20.0. The molecule has 0 aliphatic heterocycles. The molecule has 0 heterocycles. The smallest absolute Gasteiger partial charge is 0.0348 e. The molecule has 0 aliphatic rings. The summed E-state index contributed by atoms with van der Waals surface area (Å²) in [5, 5.41) is 6.84. The molecular formula is C17H36N4. The SMILES string of the molecule is C/C=C(\N)CNCC(C)CCC(C)(C)CNC/C(N)=C/C. The Morgan fingerprint density at radius 2 is 1.57 bits per heavy atom. The third-order valence-corrected chi connectivity index (χ3v) is 3.81. The van der Waals surface area contributed by atoms with Crippen molar-refractivity contribution in [1.29, 1.82) is 0 Å². The molecule has 1 unspecified atom stereocenters. The Morgan fingerprint density at radius 1 is 1.05 bits per heavy atom. The molecule has 0 amide bonds. The van der Waals surface area contributed by atoms with Crippen LogP contribution < -0.4 is 22.1 Å². The maximum Gasteiger partial charge on any atom is 0.0348 e. The van der Waals surface area contributed by atoms with Crippen LogP contribution in [0.4, 0.5) is 0 Å². The Labute approximate surface area is 131 Å². The minimum absolute atomic E-state index is 0.296. The molecule has 0 aromatic rings. The van der Waals surface area contributed by atoms with Gasteiger partial charge in [-0.2, -0.15) is 0 Å². The molecule has 6 N–H and O–H groups in total. The molecule has 0 fully saturated rings. The van der Waals surface area contributed by atoms with Crippen LogP contribution >= 0.6 is 0 Å². The summed E-state index contributed by atoms with van der Waals surface area (Å²) in [6, 6.07) is 0. The summed E-state index contributed by atoms with van der Waals surface area (Å²) in [6.45, 7) is 14.4. The lowest BCUT2D eigenvalue weighted by Gasteiger charge is -2.27. The van der Waals surface area contributed by atoms with E-state index in [4.69, 9.17) is 11.5 Å². The van der Waals surface area contributed by atoms with E-state index in [0.29, 0.717) is 11.3 Å². The first-order valence-electron chi connectivity index (χ1n) is 8.03. The number of hydrogen-bond donors (Lipinski definition) is 4. The van der Waals surface area contributed by atoms with Crippen molar-refractivity contribution in [2.45, 2.75) is 47.5 Å². The standard InChI is InChI=1S/C17H36N4/c1-6-15(18)11-20-10-14(3)8-9-17(4,5)13-21-12-16(19)7-2/h6-7,14,20-21H,8-13,18-19H2,1-5H3/b15-6-,16-7-. The van der Waals surface area contributed by atoms with Gasteiger partial charge in [-0.3, -0.25) is 0 Å². The number of hydrogen-bond acceptors (Lipinski definition) is 4. The van der Waals surface area contributed by atoms with E-state index in [1.807, 2.05) is 26.0 Å². The number of nitrogens with one attached hydrogen (secondary N) is 2. The van der Waals surface area contributed by atoms with Crippen LogP contribution in [0.25, 0.3) is 0 Å². The zero-order chi connectivity index (χ0) is 16.3. The quantitative estimate of drug-likeness (QED) is 0.472. The molecule has 4 heteroatoms. The summed E-state index contributed by atoms with van der Waals surface area (Å²) in [7, 11) is 0. The van der Waals surface area contributed by atoms with Gasteiger partial charge in [0, 0.05) is 31.0 Å². The Balaban J connectivity index is 3.85. The lowest BCUT2D eigenvalue weighted by atomic mass is 9.85. The molecular weight excluding hydrogens is 260 g/mol. The Morgan fingerprint density at radius 3 is 2.10 bits per heavy atom. The van der Waals surface area contributed by atoms with Gasteiger partial charge in [-0.05, 0) is 44.6 Å². The van der Waals surface area contributed by atoms with Gasteiger partial charge < -0.3 is 22.1 Å². The normalized spacial score (nSPS) is 15.3. The summed E-state index contributed by atoms with van der Waals surface area (Å²) in [6.07, 6.45) is 6.32. The van der Waals surface area contributed by atoms with Gasteiger partial charge in [0.15, 0.2) is 0 Å². The molecule has 21 heavy (non-hydrogen) atoms. The van der Waals surface area contributed by atoms with Gasteiger partial charge in [-0.25, -0.2) is 0 Å². The van der Waals surface area contributed by atoms with Crippen LogP contribution in [0.3, 0.4) is 0 Å². The van der Waals surface area contributed by atoms with Gasteiger partial charge in [0.25, 0.3) is 0 Å². The third-order valence-electron chi connectivity index (χ3n) is 3.81. The Bertz CT molecular complexity index is 332. The molecule has 0 rings (SSSR count). The van der Waals surface area contributed by atoms with Crippen molar-refractivity contribution >= 4 is 0 Å². The number of allylic oxidation sites excluding steroid dienone is 2. The van der Waals surface area contributed by atoms with Crippen LogP contribution in [-0.4, -0.2) is 26.2 Å². The lowest BCUT2D eigenvalue weighted by Crippen LogP contribution is -2.33. The van der Waals surface area contributed by atoms with E-state index in [-0.39, 0.29) is 0 Å². The predicted octanol–water partition coefficient (Wildman–Crippen LogP) is 2.33. The molecule has 124 valence electrons. The van der Waals surface area contributed by atoms with Gasteiger partial charge in [0.1, 0.15) is 0 Å². The van der Waals surface area contributed by atoms with Gasteiger partial charge in [0.05, 0.1) is 0 Å². The molecule has 0 saturated carbocycles. The van der Waals surface area contributed by atoms with Crippen LogP contribution in [0, 0.1) is 11.3 Å². The molecule has 0 aromatic heterocycles. The minimum Gasteiger partial charge on any atom is -0.401 e. The van der Waals surface area contributed by atoms with Crippen LogP contribution in [0.5, 0.6) is 0 Å². The molecule has 0 saturated heterocycles. The minimum atomic E-state index is 0.296.